The molecule has 94 heavy (non-hydrogen) atoms. The van der Waals surface area contributed by atoms with Gasteiger partial charge in [-0.1, -0.05) is 162 Å². The van der Waals surface area contributed by atoms with Crippen LogP contribution in [-0.2, 0) is 54.3 Å². The smallest absolute Gasteiger partial charge is 0.164 e. The van der Waals surface area contributed by atoms with Gasteiger partial charge in [-0.3, -0.25) is 4.79 Å². The minimum Gasteiger partial charge on any atom is -0.507 e. The van der Waals surface area contributed by atoms with Crippen molar-refractivity contribution < 1.29 is 44.9 Å². The number of rotatable bonds is 13. The van der Waals surface area contributed by atoms with Gasteiger partial charge in [-0.05, 0) is 205 Å². The molecule has 15 heteroatoms. The number of ketones is 1. The number of aryl methyl sites for hydroxylation is 2. The van der Waals surface area contributed by atoms with Crippen LogP contribution in [0.15, 0.2) is 122 Å². The number of fused-ring (bicyclic) bond motifs is 8. The summed E-state index contributed by atoms with van der Waals surface area (Å²) in [7, 11) is 10.2. The SMILES string of the molecule is CCc1ccc2cccc3c2c1Cc1c(ccc(O)c1OC)CC(Cc1cc[nH]c1)C(O)C1C(=O)C(c2cc(O)c4c(c2)C2(NC)CCCC(Cc5cccc(CCC(C)C)c5)C2C=C4)(C2CSSCC4CCCCC4Oc4cc2ccc4O)C(O)CC1CSSC3CO. The van der Waals surface area contributed by atoms with E-state index in [9.17, 15) is 30.6 Å². The second-order valence-corrected chi connectivity index (χ2v) is 33.5. The standard InChI is InChI=1S/C79H94N2O9S4/c1-6-50-21-22-51-15-10-17-60-71(42-82)94-93-44-57-37-72(86)79(65-45-92-91-43-55-14-7-8-18-69(55)90-70-36-54(65)24-27-66(70)83,77(88)74(57)75(87)56(34-49-29-31-81-41-49)35-52-23-28-67(84)76(89-5)62(52)40-61(50)73(51)60)58-38-64-59(68(85)39-58)25-26-63-53(16-11-30-78(63,64)80-4)33-48-13-9-12-47(32-48)20-19-46(2)3/h9-10,12-13,15,17,21-29,31-32,36,38-39,41,46,53,55-57,63,65,69,71-72,74-75,80-87H,6-8,11,14,16,18-20,30,33-35,37,40,42-45H2,1-5H3. The minimum atomic E-state index is -1.79. The number of carbonyl (C=O) groups is 1. The molecule has 13 rings (SSSR count). The van der Waals surface area contributed by atoms with Gasteiger partial charge >= 0.3 is 0 Å². The van der Waals surface area contributed by atoms with E-state index in [0.717, 1.165) is 132 Å². The Morgan fingerprint density at radius 1 is 0.798 bits per heavy atom. The lowest BCUT2D eigenvalue weighted by molar-refractivity contribution is -0.150. The third kappa shape index (κ3) is 12.8. The highest BCUT2D eigenvalue weighted by Gasteiger charge is 2.62. The van der Waals surface area contributed by atoms with Crippen LogP contribution in [0.3, 0.4) is 0 Å². The molecule has 498 valence electrons. The lowest BCUT2D eigenvalue weighted by atomic mass is 9.51. The number of aliphatic hydroxyl groups excluding tert-OH is 3. The summed E-state index contributed by atoms with van der Waals surface area (Å²) in [6, 6.07) is 34.8. The van der Waals surface area contributed by atoms with Crippen molar-refractivity contribution in [3.63, 3.8) is 0 Å². The summed E-state index contributed by atoms with van der Waals surface area (Å²) in [4.78, 5) is 21.3. The number of nitrogens with one attached hydrogen (secondary N) is 2. The van der Waals surface area contributed by atoms with Crippen molar-refractivity contribution in [3.05, 3.63) is 188 Å². The minimum absolute atomic E-state index is 0.00195. The maximum Gasteiger partial charge on any atom is 0.164 e. The van der Waals surface area contributed by atoms with Crippen molar-refractivity contribution in [3.8, 4) is 28.7 Å². The summed E-state index contributed by atoms with van der Waals surface area (Å²) in [6.07, 6.45) is 17.3. The summed E-state index contributed by atoms with van der Waals surface area (Å²) in [5.74, 6) is 0.180. The zero-order valence-corrected chi connectivity index (χ0v) is 58.3. The van der Waals surface area contributed by atoms with E-state index in [1.165, 1.54) is 11.1 Å². The summed E-state index contributed by atoms with van der Waals surface area (Å²) in [5.41, 5.74) is 8.89. The van der Waals surface area contributed by atoms with Crippen LogP contribution in [0.5, 0.6) is 28.7 Å². The second kappa shape index (κ2) is 28.9. The number of Topliss-reactive ketones (excluding diaryl/α,β-unsaturated/α-hetero) is 1. The molecule has 3 fully saturated rings. The van der Waals surface area contributed by atoms with E-state index in [2.05, 4.69) is 97.8 Å². The van der Waals surface area contributed by atoms with Crippen molar-refractivity contribution in [2.45, 2.75) is 158 Å². The van der Waals surface area contributed by atoms with Crippen LogP contribution in [0.25, 0.3) is 16.8 Å². The van der Waals surface area contributed by atoms with Gasteiger partial charge in [0.15, 0.2) is 28.8 Å². The second-order valence-electron chi connectivity index (χ2n) is 28.4. The monoisotopic (exact) mass is 1340 g/mol. The Labute approximate surface area is 571 Å². The first-order chi connectivity index (χ1) is 45.7. The predicted molar refractivity (Wildman–Crippen MR) is 387 cm³/mol. The average molecular weight is 1340 g/mol. The van der Waals surface area contributed by atoms with Gasteiger partial charge in [0.2, 0.25) is 0 Å². The number of phenolic OH excluding ortho intramolecular Hbond substituents is 3. The third-order valence-electron chi connectivity index (χ3n) is 22.7. The summed E-state index contributed by atoms with van der Waals surface area (Å²) >= 11 is 0. The molecule has 0 amide bonds. The van der Waals surface area contributed by atoms with Gasteiger partial charge in [-0.15, -0.1) is 0 Å². The molecule has 8 N–H and O–H groups in total. The Morgan fingerprint density at radius 2 is 1.60 bits per heavy atom. The maximum atomic E-state index is 18.0. The molecule has 2 aliphatic heterocycles. The number of aromatic nitrogens is 1. The van der Waals surface area contributed by atoms with Gasteiger partial charge in [-0.25, -0.2) is 0 Å². The first-order valence-electron chi connectivity index (χ1n) is 34.6. The Morgan fingerprint density at radius 3 is 2.39 bits per heavy atom. The molecule has 0 saturated heterocycles. The van der Waals surface area contributed by atoms with Gasteiger partial charge in [0, 0.05) is 70.9 Å². The Hall–Kier alpha value is -5.49. The number of ether oxygens (including phenoxy) is 2. The number of aromatic amines is 1. The quantitative estimate of drug-likeness (QED) is 0.0510. The van der Waals surface area contributed by atoms with Crippen LogP contribution >= 0.6 is 43.2 Å². The van der Waals surface area contributed by atoms with Crippen molar-refractivity contribution in [1.29, 1.82) is 0 Å². The van der Waals surface area contributed by atoms with E-state index in [-0.39, 0.29) is 59.9 Å². The molecular weight excluding hydrogens is 1250 g/mol. The number of H-pyrrole nitrogens is 1. The van der Waals surface area contributed by atoms with Crippen LogP contribution in [0.2, 0.25) is 0 Å². The molecule has 13 unspecified atom stereocenters. The first kappa shape index (κ1) is 67.1. The first-order valence-corrected chi connectivity index (χ1v) is 39.4. The Kier molecular flexibility index (Phi) is 20.6. The van der Waals surface area contributed by atoms with Crippen molar-refractivity contribution in [2.24, 2.45) is 41.4 Å². The van der Waals surface area contributed by atoms with Crippen molar-refractivity contribution in [1.82, 2.24) is 10.3 Å². The molecule has 6 aliphatic rings. The van der Waals surface area contributed by atoms with Gasteiger partial charge < -0.3 is 50.4 Å². The van der Waals surface area contributed by atoms with E-state index in [4.69, 9.17) is 9.47 Å². The number of hydrogen-bond acceptors (Lipinski definition) is 14. The van der Waals surface area contributed by atoms with Crippen LogP contribution in [0.1, 0.15) is 156 Å². The van der Waals surface area contributed by atoms with Crippen LogP contribution < -0.4 is 14.8 Å². The number of benzene rings is 6. The summed E-state index contributed by atoms with van der Waals surface area (Å²) in [6.45, 7) is 6.54. The van der Waals surface area contributed by atoms with Gasteiger partial charge in [-0.2, -0.15) is 0 Å². The maximum absolute atomic E-state index is 18.0. The zero-order valence-electron chi connectivity index (χ0n) is 55.0. The van der Waals surface area contributed by atoms with E-state index in [1.54, 1.807) is 68.5 Å². The molecule has 0 radical (unpaired) electrons. The van der Waals surface area contributed by atoms with Gasteiger partial charge in [0.25, 0.3) is 0 Å². The van der Waals surface area contributed by atoms with Crippen molar-refractivity contribution >= 4 is 65.8 Å². The molecule has 1 aromatic heterocycles. The molecule has 0 spiro atoms. The highest BCUT2D eigenvalue weighted by Crippen LogP contribution is 2.60. The van der Waals surface area contributed by atoms with E-state index in [1.807, 2.05) is 49.8 Å². The number of aromatic hydroxyl groups is 3. The van der Waals surface area contributed by atoms with E-state index >= 15 is 4.79 Å². The third-order valence-corrected chi connectivity index (χ3v) is 28.1. The number of aliphatic hydroxyl groups is 3. The van der Waals surface area contributed by atoms with Gasteiger partial charge in [0.1, 0.15) is 11.9 Å². The summed E-state index contributed by atoms with van der Waals surface area (Å²) < 4.78 is 13.1. The molecule has 6 aromatic carbocycles. The largest absolute Gasteiger partial charge is 0.507 e. The fourth-order valence-corrected chi connectivity index (χ4v) is 23.6. The van der Waals surface area contributed by atoms with E-state index < -0.39 is 52.1 Å². The molecular formula is C79H94N2O9S4. The molecule has 13 atom stereocenters. The number of methoxy groups -OCH3 is 1. The Bertz CT molecular complexity index is 3870. The topological polar surface area (TPSA) is 185 Å². The molecule has 4 aliphatic carbocycles. The summed E-state index contributed by atoms with van der Waals surface area (Å²) in [5, 5.41) is 82.3. The lowest BCUT2D eigenvalue weighted by Crippen LogP contribution is -2.63. The number of carbonyl (C=O) groups excluding carboxylic acids is 1. The normalized spacial score (nSPS) is 28.9. The zero-order chi connectivity index (χ0) is 65.4. The Balaban J connectivity index is 1.00. The van der Waals surface area contributed by atoms with E-state index in [0.29, 0.717) is 59.3 Å². The predicted octanol–water partition coefficient (Wildman–Crippen LogP) is 15.9. The number of hydrogen-bond donors (Lipinski definition) is 8. The fraction of sp³-hybridized carbons (Fsp3) is 0.481. The van der Waals surface area contributed by atoms with Crippen LogP contribution in [0.4, 0.5) is 0 Å². The molecule has 2 bridgehead atoms. The molecule has 3 saturated carbocycles. The highest BCUT2D eigenvalue weighted by molar-refractivity contribution is 8.77. The molecule has 3 heterocycles. The van der Waals surface area contributed by atoms with Gasteiger partial charge in [0.05, 0.1) is 42.1 Å². The fourth-order valence-electron chi connectivity index (χ4n) is 17.9. The molecule has 7 aromatic rings. The lowest BCUT2D eigenvalue weighted by Gasteiger charge is -2.54. The van der Waals surface area contributed by atoms with Crippen molar-refractivity contribution in [2.75, 3.05) is 38.0 Å². The average Bonchev–Trinajstić information content (AvgIpc) is 0.720. The van der Waals surface area contributed by atoms with Crippen LogP contribution in [-0.4, -0.2) is 97.7 Å². The van der Waals surface area contributed by atoms with Crippen LogP contribution in [0, 0.1) is 41.4 Å². The number of phenols is 3. The molecule has 11 nitrogen and oxygen atoms in total. The highest BCUT2D eigenvalue weighted by atomic mass is 33.1.